The Balaban J connectivity index is 1.11. The normalized spacial score (nSPS) is 15.2. The Morgan fingerprint density at radius 2 is 1.48 bits per heavy atom. The van der Waals surface area contributed by atoms with Crippen molar-refractivity contribution >= 4 is 32.8 Å². The molecular formula is C48H36N4OPt-2. The van der Waals surface area contributed by atoms with Gasteiger partial charge in [0, 0.05) is 15.9 Å². The van der Waals surface area contributed by atoms with E-state index in [0.29, 0.717) is 22.9 Å². The Kier molecular flexibility index (Phi) is 7.28. The SMILES string of the molecule is [2H]C([2H])([2H])c1cc(-n2c3[c-]c(Oc4[c-]c5c(cc4)CCCC5n4[c](=[Pt])n(C)c5ccccc54)ccc3c3cc(-c4ccccc4)ccc32)ncc1-c1ccccc1. The van der Waals surface area contributed by atoms with Crippen molar-refractivity contribution in [1.29, 1.82) is 0 Å². The molecule has 1 unspecified atom stereocenters. The predicted octanol–water partition coefficient (Wildman–Crippen LogP) is 11.5. The molecule has 0 spiro atoms. The number of benzene rings is 6. The van der Waals surface area contributed by atoms with Crippen LogP contribution in [-0.2, 0) is 32.8 Å². The van der Waals surface area contributed by atoms with Crippen molar-refractivity contribution in [3.8, 4) is 39.6 Å². The Bertz CT molecular complexity index is 3060. The molecule has 0 bridgehead atoms. The Morgan fingerprint density at radius 3 is 2.30 bits per heavy atom. The Hall–Kier alpha value is -5.77. The number of pyridine rings is 1. The maximum atomic E-state index is 8.54. The maximum absolute atomic E-state index is 8.54. The second-order valence-electron chi connectivity index (χ2n) is 13.9. The first-order chi connectivity index (χ1) is 27.7. The van der Waals surface area contributed by atoms with Crippen LogP contribution < -0.4 is 4.74 Å². The van der Waals surface area contributed by atoms with Gasteiger partial charge in [-0.25, -0.2) is 4.98 Å². The summed E-state index contributed by atoms with van der Waals surface area (Å²) >= 11 is 2.44. The first kappa shape index (κ1) is 29.7. The zero-order valence-corrected chi connectivity index (χ0v) is 31.8. The van der Waals surface area contributed by atoms with E-state index in [4.69, 9.17) is 13.8 Å². The molecule has 1 aliphatic rings. The van der Waals surface area contributed by atoms with Crippen molar-refractivity contribution in [1.82, 2.24) is 18.7 Å². The van der Waals surface area contributed by atoms with Gasteiger partial charge in [-0.05, 0) is 41.2 Å². The molecular weight excluding hydrogens is 844 g/mol. The van der Waals surface area contributed by atoms with Gasteiger partial charge in [-0.1, -0.05) is 72.8 Å². The minimum absolute atomic E-state index is 0.126. The number of aromatic nitrogens is 4. The van der Waals surface area contributed by atoms with E-state index in [-0.39, 0.29) is 11.6 Å². The number of aryl methyl sites for hydroxylation is 3. The zero-order valence-electron chi connectivity index (χ0n) is 32.5. The average molecular weight is 883 g/mol. The summed E-state index contributed by atoms with van der Waals surface area (Å²) in [6, 6.07) is 52.1. The molecule has 6 aromatic carbocycles. The van der Waals surface area contributed by atoms with E-state index < -0.39 is 6.85 Å². The molecule has 54 heavy (non-hydrogen) atoms. The van der Waals surface area contributed by atoms with Crippen molar-refractivity contribution in [3.63, 3.8) is 0 Å². The fourth-order valence-corrected chi connectivity index (χ4v) is 9.03. The first-order valence-electron chi connectivity index (χ1n) is 19.7. The molecule has 6 heteroatoms. The molecule has 3 aromatic heterocycles. The predicted molar refractivity (Wildman–Crippen MR) is 214 cm³/mol. The van der Waals surface area contributed by atoms with Crippen LogP contribution in [0.4, 0.5) is 0 Å². The van der Waals surface area contributed by atoms with Gasteiger partial charge in [0.1, 0.15) is 0 Å². The molecule has 1 aliphatic carbocycles. The molecule has 1 atom stereocenters. The van der Waals surface area contributed by atoms with Gasteiger partial charge in [-0.3, -0.25) is 0 Å². The minimum Gasteiger partial charge on any atom is -0.238 e. The van der Waals surface area contributed by atoms with E-state index in [1.807, 2.05) is 65.2 Å². The molecule has 0 radical (unpaired) electrons. The number of nitrogens with zero attached hydrogens (tertiary/aromatic N) is 4. The fourth-order valence-electron chi connectivity index (χ4n) is 8.13. The van der Waals surface area contributed by atoms with Crippen LogP contribution in [0.2, 0.25) is 0 Å². The topological polar surface area (TPSA) is 36.9 Å². The van der Waals surface area contributed by atoms with Crippen molar-refractivity contribution in [2.45, 2.75) is 32.2 Å². The van der Waals surface area contributed by atoms with Gasteiger partial charge in [0.15, 0.2) is 0 Å². The van der Waals surface area contributed by atoms with Crippen LogP contribution in [-0.4, -0.2) is 18.7 Å². The molecule has 0 fully saturated rings. The van der Waals surface area contributed by atoms with E-state index in [9.17, 15) is 0 Å². The van der Waals surface area contributed by atoms with E-state index >= 15 is 0 Å². The molecule has 0 aliphatic heterocycles. The summed E-state index contributed by atoms with van der Waals surface area (Å²) in [5.41, 5.74) is 10.3. The van der Waals surface area contributed by atoms with Crippen LogP contribution in [0.25, 0.3) is 60.9 Å². The number of imidazole rings is 1. The van der Waals surface area contributed by atoms with Crippen LogP contribution in [0.5, 0.6) is 11.5 Å². The summed E-state index contributed by atoms with van der Waals surface area (Å²) in [6.07, 6.45) is 4.79. The number of ether oxygens (including phenoxy) is 1. The zero-order chi connectivity index (χ0) is 38.8. The smallest absolute Gasteiger partial charge is 0.238 e. The number of fused-ring (bicyclic) bond motifs is 5. The number of hydrogen-bond acceptors (Lipinski definition) is 2. The Morgan fingerprint density at radius 1 is 0.741 bits per heavy atom. The number of rotatable bonds is 6. The summed E-state index contributed by atoms with van der Waals surface area (Å²) < 4.78 is 40.1. The molecule has 0 N–H and O–H groups in total. The quantitative estimate of drug-likeness (QED) is 0.156. The van der Waals surface area contributed by atoms with Crippen LogP contribution in [0.3, 0.4) is 0 Å². The van der Waals surface area contributed by atoms with Crippen LogP contribution >= 0.6 is 0 Å². The summed E-state index contributed by atoms with van der Waals surface area (Å²) in [6.45, 7) is -2.37. The molecule has 3 heterocycles. The van der Waals surface area contributed by atoms with Gasteiger partial charge in [-0.15, -0.1) is 0 Å². The van der Waals surface area contributed by atoms with Crippen molar-refractivity contribution in [3.05, 3.63) is 172 Å². The summed E-state index contributed by atoms with van der Waals surface area (Å²) in [5, 5.41) is 1.96. The third-order valence-corrected chi connectivity index (χ3v) is 12.0. The van der Waals surface area contributed by atoms with E-state index in [1.54, 1.807) is 12.3 Å². The van der Waals surface area contributed by atoms with E-state index in [1.165, 1.54) is 20.4 Å². The summed E-state index contributed by atoms with van der Waals surface area (Å²) in [7, 11) is 2.12. The van der Waals surface area contributed by atoms with Gasteiger partial charge in [0.25, 0.3) is 0 Å². The number of para-hydroxylation sites is 2. The van der Waals surface area contributed by atoms with Crippen molar-refractivity contribution < 1.29 is 28.2 Å². The van der Waals surface area contributed by atoms with E-state index in [2.05, 4.69) is 114 Å². The second-order valence-corrected chi connectivity index (χ2v) is 14.9. The second kappa shape index (κ2) is 13.3. The molecule has 0 saturated carbocycles. The monoisotopic (exact) mass is 882 g/mol. The van der Waals surface area contributed by atoms with Gasteiger partial charge in [0.05, 0.1) is 0 Å². The standard InChI is InChI=1S/C48H36N4O.Pt/c1-32-26-48(49-30-42(32)34-14-7-4-8-15-34)52-44-25-21-36(33-12-5-3-6-13-33)27-41(44)39-24-23-38(29-47(39)52)53-37-22-20-35-16-11-19-43(40(35)28-37)51-31-50(2)45-17-9-10-18-46(45)51;/h3-10,12-15,17-18,20-27,30,43H,11,16,19H2,1-2H3;/q-2;/i1D3;. The fraction of sp³-hybridized carbons (Fsp3) is 0.125. The molecule has 0 saturated heterocycles. The average Bonchev–Trinajstić information content (AvgIpc) is 3.69. The van der Waals surface area contributed by atoms with Crippen molar-refractivity contribution in [2.75, 3.05) is 0 Å². The van der Waals surface area contributed by atoms with Gasteiger partial charge in [-0.2, -0.15) is 0 Å². The minimum atomic E-state index is -2.37. The molecule has 266 valence electrons. The van der Waals surface area contributed by atoms with Gasteiger partial charge >= 0.3 is 196 Å². The van der Waals surface area contributed by atoms with Gasteiger partial charge in [0.2, 0.25) is 0 Å². The third-order valence-electron chi connectivity index (χ3n) is 10.7. The van der Waals surface area contributed by atoms with Crippen molar-refractivity contribution in [2.24, 2.45) is 7.05 Å². The third kappa shape index (κ3) is 5.49. The van der Waals surface area contributed by atoms with Gasteiger partial charge < -0.3 is 0 Å². The summed E-state index contributed by atoms with van der Waals surface area (Å²) in [5.74, 6) is 1.64. The first-order valence-corrected chi connectivity index (χ1v) is 19.3. The Labute approximate surface area is 329 Å². The van der Waals surface area contributed by atoms with E-state index in [0.717, 1.165) is 63.3 Å². The molecule has 5 nitrogen and oxygen atoms in total. The molecule has 10 rings (SSSR count). The number of hydrogen-bond donors (Lipinski definition) is 0. The summed E-state index contributed by atoms with van der Waals surface area (Å²) in [4.78, 5) is 4.92. The van der Waals surface area contributed by atoms with Crippen LogP contribution in [0.1, 0.15) is 39.7 Å². The van der Waals surface area contributed by atoms with Crippen LogP contribution in [0.15, 0.2) is 140 Å². The molecule has 9 aromatic rings. The van der Waals surface area contributed by atoms with Crippen LogP contribution in [0, 0.1) is 22.8 Å². The molecule has 0 amide bonds.